The maximum absolute atomic E-state index is 13.4. The summed E-state index contributed by atoms with van der Waals surface area (Å²) in [4.78, 5) is 40.1. The van der Waals surface area contributed by atoms with Gasteiger partial charge in [0.05, 0.1) is 18.5 Å². The smallest absolute Gasteiger partial charge is 0.307 e. The van der Waals surface area contributed by atoms with Gasteiger partial charge in [0.2, 0.25) is 0 Å². The molecule has 0 spiro atoms. The molecular weight excluding hydrogens is 474 g/mol. The number of amides is 1. The van der Waals surface area contributed by atoms with Gasteiger partial charge in [-0.3, -0.25) is 19.9 Å². The molecule has 11 heteroatoms. The molecule has 0 aliphatic carbocycles. The third kappa shape index (κ3) is 5.89. The number of amidine groups is 1. The molecular formula is C26H27N7O4. The average molecular weight is 502 g/mol. The fourth-order valence-corrected chi connectivity index (χ4v) is 3.66. The van der Waals surface area contributed by atoms with E-state index in [1.54, 1.807) is 67.7 Å². The van der Waals surface area contributed by atoms with Gasteiger partial charge in [-0.25, -0.2) is 15.0 Å². The number of aryl methyl sites for hydroxylation is 1. The number of carbonyl (C=O) groups excluding carboxylic acids is 2. The van der Waals surface area contributed by atoms with Gasteiger partial charge in [0.25, 0.3) is 5.91 Å². The molecule has 1 aromatic carbocycles. The molecule has 0 aliphatic heterocycles. The van der Waals surface area contributed by atoms with Crippen LogP contribution < -0.4 is 15.4 Å². The normalized spacial score (nSPS) is 10.8. The van der Waals surface area contributed by atoms with Crippen LogP contribution in [0.5, 0.6) is 5.75 Å². The van der Waals surface area contributed by atoms with Gasteiger partial charge in [0.1, 0.15) is 35.5 Å². The largest absolute Gasteiger partial charge is 0.486 e. The van der Waals surface area contributed by atoms with Crippen LogP contribution in [0.1, 0.15) is 35.2 Å². The Hall–Kier alpha value is -4.80. The van der Waals surface area contributed by atoms with E-state index in [0.717, 1.165) is 5.52 Å². The van der Waals surface area contributed by atoms with Crippen LogP contribution in [0.2, 0.25) is 0 Å². The van der Waals surface area contributed by atoms with Gasteiger partial charge in [-0.2, -0.15) is 0 Å². The highest BCUT2D eigenvalue weighted by Crippen LogP contribution is 2.19. The van der Waals surface area contributed by atoms with Crippen molar-refractivity contribution in [3.63, 3.8) is 0 Å². The minimum atomic E-state index is -0.404. The second-order valence-electron chi connectivity index (χ2n) is 8.05. The van der Waals surface area contributed by atoms with Crippen LogP contribution in [0.15, 0.2) is 60.8 Å². The van der Waals surface area contributed by atoms with Crippen LogP contribution in [0.3, 0.4) is 0 Å². The van der Waals surface area contributed by atoms with Crippen molar-refractivity contribution in [1.82, 2.24) is 19.5 Å². The zero-order valence-electron chi connectivity index (χ0n) is 20.5. The van der Waals surface area contributed by atoms with E-state index in [9.17, 15) is 9.59 Å². The number of ether oxygens (including phenoxy) is 2. The maximum Gasteiger partial charge on any atom is 0.307 e. The molecule has 1 amide bonds. The lowest BCUT2D eigenvalue weighted by molar-refractivity contribution is -0.142. The Kier molecular flexibility index (Phi) is 7.72. The van der Waals surface area contributed by atoms with E-state index >= 15 is 0 Å². The second-order valence-corrected chi connectivity index (χ2v) is 8.05. The maximum atomic E-state index is 13.4. The Morgan fingerprint density at radius 3 is 2.54 bits per heavy atom. The lowest BCUT2D eigenvalue weighted by Gasteiger charge is -2.21. The zero-order chi connectivity index (χ0) is 26.4. The molecule has 0 saturated heterocycles. The number of esters is 1. The van der Waals surface area contributed by atoms with Gasteiger partial charge in [-0.1, -0.05) is 6.07 Å². The van der Waals surface area contributed by atoms with Crippen molar-refractivity contribution in [3.05, 3.63) is 77.9 Å². The fraction of sp³-hybridized carbons (Fsp3) is 0.231. The van der Waals surface area contributed by atoms with Crippen LogP contribution in [0, 0.1) is 5.41 Å². The Bertz CT molecular complexity index is 1420. The van der Waals surface area contributed by atoms with Gasteiger partial charge >= 0.3 is 5.97 Å². The minimum Gasteiger partial charge on any atom is -0.486 e. The molecule has 190 valence electrons. The number of benzene rings is 1. The first-order valence-electron chi connectivity index (χ1n) is 11.7. The molecule has 0 saturated carbocycles. The van der Waals surface area contributed by atoms with E-state index in [1.807, 2.05) is 11.6 Å². The third-order valence-corrected chi connectivity index (χ3v) is 5.61. The van der Waals surface area contributed by atoms with Crippen LogP contribution in [0.25, 0.3) is 11.2 Å². The van der Waals surface area contributed by atoms with Crippen LogP contribution in [0.4, 0.5) is 5.82 Å². The first-order valence-corrected chi connectivity index (χ1v) is 11.7. The Balaban J connectivity index is 1.54. The number of pyridine rings is 2. The molecule has 37 heavy (non-hydrogen) atoms. The Morgan fingerprint density at radius 2 is 1.86 bits per heavy atom. The lowest BCUT2D eigenvalue weighted by Crippen LogP contribution is -2.34. The summed E-state index contributed by atoms with van der Waals surface area (Å²) in [7, 11) is 1.84. The van der Waals surface area contributed by atoms with E-state index in [0.29, 0.717) is 28.6 Å². The standard InChI is InChI=1S/C26H27N7O4/c1-3-36-23(34)13-15-33(21-6-4-5-14-29-21)26(35)19-11-12-20-25(30-19)31-22(32(20)2)16-37-18-9-7-17(8-10-18)24(27)28/h4-12,14H,3,13,15-16H2,1-2H3,(H3,27,28). The third-order valence-electron chi connectivity index (χ3n) is 5.61. The van der Waals surface area contributed by atoms with E-state index in [-0.39, 0.29) is 37.7 Å². The first-order chi connectivity index (χ1) is 17.9. The topological polar surface area (TPSA) is 149 Å². The van der Waals surface area contributed by atoms with Crippen molar-refractivity contribution in [2.45, 2.75) is 20.0 Å². The summed E-state index contributed by atoms with van der Waals surface area (Å²) >= 11 is 0. The quantitative estimate of drug-likeness (QED) is 0.191. The van der Waals surface area contributed by atoms with Gasteiger partial charge in [-0.15, -0.1) is 0 Å². The fourth-order valence-electron chi connectivity index (χ4n) is 3.66. The average Bonchev–Trinajstić information content (AvgIpc) is 3.23. The van der Waals surface area contributed by atoms with Crippen LogP contribution in [-0.4, -0.2) is 50.4 Å². The molecule has 0 radical (unpaired) electrons. The van der Waals surface area contributed by atoms with Crippen molar-refractivity contribution in [1.29, 1.82) is 5.41 Å². The summed E-state index contributed by atoms with van der Waals surface area (Å²) < 4.78 is 12.7. The molecule has 0 unspecified atom stereocenters. The molecule has 3 aromatic heterocycles. The number of nitrogen functional groups attached to an aromatic ring is 1. The summed E-state index contributed by atoms with van der Waals surface area (Å²) in [5.41, 5.74) is 7.40. The van der Waals surface area contributed by atoms with E-state index in [2.05, 4.69) is 15.0 Å². The highest BCUT2D eigenvalue weighted by Gasteiger charge is 2.22. The summed E-state index contributed by atoms with van der Waals surface area (Å²) in [5, 5.41) is 7.48. The number of hydrogen-bond acceptors (Lipinski definition) is 8. The summed E-state index contributed by atoms with van der Waals surface area (Å²) in [6.07, 6.45) is 1.60. The van der Waals surface area contributed by atoms with Gasteiger partial charge in [0, 0.05) is 25.4 Å². The minimum absolute atomic E-state index is 0.0131. The number of rotatable bonds is 10. The summed E-state index contributed by atoms with van der Waals surface area (Å²) in [6, 6.07) is 15.5. The van der Waals surface area contributed by atoms with Crippen molar-refractivity contribution in [2.24, 2.45) is 12.8 Å². The molecule has 0 aliphatic rings. The number of hydrogen-bond donors (Lipinski definition) is 2. The Morgan fingerprint density at radius 1 is 1.08 bits per heavy atom. The van der Waals surface area contributed by atoms with Crippen molar-refractivity contribution in [2.75, 3.05) is 18.1 Å². The van der Waals surface area contributed by atoms with Gasteiger partial charge in [-0.05, 0) is 55.5 Å². The molecule has 4 rings (SSSR count). The molecule has 3 N–H and O–H groups in total. The molecule has 4 aromatic rings. The summed E-state index contributed by atoms with van der Waals surface area (Å²) in [5.74, 6) is 0.814. The SMILES string of the molecule is CCOC(=O)CCN(C(=O)c1ccc2c(n1)nc(COc1ccc(C(=N)N)cc1)n2C)c1ccccn1. The number of aromatic nitrogens is 4. The highest BCUT2D eigenvalue weighted by molar-refractivity contribution is 6.05. The number of nitrogens with zero attached hydrogens (tertiary/aromatic N) is 5. The molecule has 3 heterocycles. The Labute approximate surface area is 213 Å². The van der Waals surface area contributed by atoms with Gasteiger partial charge in [0.15, 0.2) is 5.65 Å². The zero-order valence-corrected chi connectivity index (χ0v) is 20.5. The van der Waals surface area contributed by atoms with Crippen molar-refractivity contribution in [3.8, 4) is 5.75 Å². The second kappa shape index (κ2) is 11.3. The predicted octanol–water partition coefficient (Wildman–Crippen LogP) is 2.83. The number of fused-ring (bicyclic) bond motifs is 1. The first kappa shape index (κ1) is 25.3. The monoisotopic (exact) mass is 501 g/mol. The molecule has 0 bridgehead atoms. The van der Waals surface area contributed by atoms with Crippen molar-refractivity contribution >= 4 is 34.7 Å². The molecule has 0 fully saturated rings. The number of imidazole rings is 1. The predicted molar refractivity (Wildman–Crippen MR) is 137 cm³/mol. The van der Waals surface area contributed by atoms with E-state index in [1.165, 1.54) is 4.90 Å². The summed E-state index contributed by atoms with van der Waals surface area (Å²) in [6.45, 7) is 2.27. The number of anilines is 1. The molecule has 11 nitrogen and oxygen atoms in total. The number of nitrogens with one attached hydrogen (secondary N) is 1. The van der Waals surface area contributed by atoms with Crippen LogP contribution >= 0.6 is 0 Å². The van der Waals surface area contributed by atoms with E-state index in [4.69, 9.17) is 20.6 Å². The number of nitrogens with two attached hydrogens (primary N) is 1. The number of carbonyl (C=O) groups is 2. The van der Waals surface area contributed by atoms with Crippen molar-refractivity contribution < 1.29 is 19.1 Å². The highest BCUT2D eigenvalue weighted by atomic mass is 16.5. The van der Waals surface area contributed by atoms with E-state index < -0.39 is 11.9 Å². The molecule has 0 atom stereocenters. The van der Waals surface area contributed by atoms with Gasteiger partial charge < -0.3 is 19.8 Å². The van der Waals surface area contributed by atoms with Crippen LogP contribution in [-0.2, 0) is 23.2 Å². The lowest BCUT2D eigenvalue weighted by atomic mass is 10.2.